The third kappa shape index (κ3) is 5.34. The lowest BCUT2D eigenvalue weighted by molar-refractivity contribution is -0.146. The lowest BCUT2D eigenvalue weighted by Crippen LogP contribution is -2.55. The quantitative estimate of drug-likeness (QED) is 0.415. The molecule has 0 aliphatic carbocycles. The maximum atomic E-state index is 12.7. The number of nitrogens with zero attached hydrogens (tertiary/aromatic N) is 4. The van der Waals surface area contributed by atoms with Crippen molar-refractivity contribution >= 4 is 23.0 Å². The molecule has 0 aromatic carbocycles. The number of amides is 1. The minimum atomic E-state index is -0.383. The second kappa shape index (κ2) is 10.3. The molecule has 0 spiro atoms. The Balaban J connectivity index is 1.40. The highest BCUT2D eigenvalue weighted by atomic mass is 16.5. The van der Waals surface area contributed by atoms with Crippen molar-refractivity contribution in [3.05, 3.63) is 53.5 Å². The number of carbonyl (C=O) groups excluding carboxylic acids is 1. The molecule has 0 saturated carbocycles. The van der Waals surface area contributed by atoms with E-state index in [1.807, 2.05) is 35.1 Å². The van der Waals surface area contributed by atoms with E-state index in [1.54, 1.807) is 0 Å². The molecule has 4 heterocycles. The van der Waals surface area contributed by atoms with Crippen molar-refractivity contribution < 1.29 is 9.53 Å². The molecule has 2 aliphatic rings. The molecule has 2 aliphatic heterocycles. The van der Waals surface area contributed by atoms with Gasteiger partial charge in [0.1, 0.15) is 17.6 Å². The molecule has 0 radical (unpaired) electrons. The summed E-state index contributed by atoms with van der Waals surface area (Å²) in [5.74, 6) is 0.522. The molecule has 1 amide bonds. The molecular formula is C25H34N6O2. The van der Waals surface area contributed by atoms with Gasteiger partial charge in [-0.2, -0.15) is 0 Å². The number of amidine groups is 1. The predicted molar refractivity (Wildman–Crippen MR) is 131 cm³/mol. The number of imidazole rings is 1. The monoisotopic (exact) mass is 450 g/mol. The van der Waals surface area contributed by atoms with Crippen LogP contribution in [0.1, 0.15) is 30.2 Å². The Morgan fingerprint density at radius 3 is 2.67 bits per heavy atom. The third-order valence-corrected chi connectivity index (χ3v) is 6.17. The second-order valence-electron chi connectivity index (χ2n) is 8.69. The minimum absolute atomic E-state index is 0.0533. The number of piperazine rings is 1. The number of allylic oxidation sites excluding steroid dienone is 3. The number of aryl methyl sites for hydroxylation is 2. The average Bonchev–Trinajstić information content (AvgIpc) is 3.22. The number of ether oxygens (including phenoxy) is 1. The topological polar surface area (TPSA) is 86.0 Å². The number of hydrogen-bond donors (Lipinski definition) is 2. The van der Waals surface area contributed by atoms with E-state index in [2.05, 4.69) is 46.9 Å². The van der Waals surface area contributed by atoms with Gasteiger partial charge in [0, 0.05) is 51.7 Å². The Labute approximate surface area is 195 Å². The molecule has 1 unspecified atom stereocenters. The molecule has 1 atom stereocenters. The largest absolute Gasteiger partial charge is 0.366 e. The number of hydrogen-bond acceptors (Lipinski definition) is 5. The Hall–Kier alpha value is -2.97. The van der Waals surface area contributed by atoms with Crippen LogP contribution in [0.3, 0.4) is 0 Å². The molecule has 8 heteroatoms. The Morgan fingerprint density at radius 2 is 1.97 bits per heavy atom. The standard InChI is InChI=1S/C25H34N6O2/c1-4-5-20(21-14-18(2)24-28-19(3)16-31(24)17-21)6-7-23(26)29-9-11-30(12-10-29)25(32)22-15-27-8-13-33-22/h5-7,14,16-17,22,26-27H,4,8-13,15H2,1-3H3/b7-6-,20-5-,26-23?. The van der Waals surface area contributed by atoms with Gasteiger partial charge in [0.25, 0.3) is 5.91 Å². The highest BCUT2D eigenvalue weighted by Gasteiger charge is 2.29. The van der Waals surface area contributed by atoms with Crippen LogP contribution in [0.2, 0.25) is 0 Å². The fraction of sp³-hybridized carbons (Fsp3) is 0.480. The maximum absolute atomic E-state index is 12.7. The molecule has 2 saturated heterocycles. The summed E-state index contributed by atoms with van der Waals surface area (Å²) >= 11 is 0. The molecular weight excluding hydrogens is 416 g/mol. The van der Waals surface area contributed by atoms with Crippen LogP contribution in [0.4, 0.5) is 0 Å². The van der Waals surface area contributed by atoms with Gasteiger partial charge in [-0.25, -0.2) is 4.98 Å². The van der Waals surface area contributed by atoms with E-state index in [0.29, 0.717) is 45.2 Å². The predicted octanol–water partition coefficient (Wildman–Crippen LogP) is 2.41. The van der Waals surface area contributed by atoms with E-state index in [9.17, 15) is 4.79 Å². The van der Waals surface area contributed by atoms with Crippen molar-refractivity contribution in [1.29, 1.82) is 5.41 Å². The molecule has 4 rings (SSSR count). The van der Waals surface area contributed by atoms with Crippen molar-refractivity contribution in [2.75, 3.05) is 45.9 Å². The first-order valence-electron chi connectivity index (χ1n) is 11.8. The number of pyridine rings is 1. The van der Waals surface area contributed by atoms with E-state index in [0.717, 1.165) is 41.0 Å². The highest BCUT2D eigenvalue weighted by Crippen LogP contribution is 2.21. The summed E-state index contributed by atoms with van der Waals surface area (Å²) in [7, 11) is 0. The van der Waals surface area contributed by atoms with Gasteiger partial charge in [0.15, 0.2) is 0 Å². The number of carbonyl (C=O) groups is 1. The van der Waals surface area contributed by atoms with E-state index in [-0.39, 0.29) is 12.0 Å². The number of morpholine rings is 1. The lowest BCUT2D eigenvalue weighted by atomic mass is 10.0. The molecule has 2 N–H and O–H groups in total. The Kier molecular flexibility index (Phi) is 7.25. The first-order chi connectivity index (χ1) is 16.0. The van der Waals surface area contributed by atoms with Gasteiger partial charge in [-0.1, -0.05) is 19.1 Å². The second-order valence-corrected chi connectivity index (χ2v) is 8.69. The normalized spacial score (nSPS) is 20.1. The average molecular weight is 451 g/mol. The number of rotatable bonds is 5. The number of fused-ring (bicyclic) bond motifs is 1. The van der Waals surface area contributed by atoms with Crippen molar-refractivity contribution in [3.8, 4) is 0 Å². The molecule has 8 nitrogen and oxygen atoms in total. The zero-order chi connectivity index (χ0) is 23.4. The third-order valence-electron chi connectivity index (χ3n) is 6.17. The van der Waals surface area contributed by atoms with Gasteiger partial charge in [0.2, 0.25) is 0 Å². The van der Waals surface area contributed by atoms with Crippen molar-refractivity contribution in [2.24, 2.45) is 0 Å². The smallest absolute Gasteiger partial charge is 0.253 e. The molecule has 2 aromatic rings. The van der Waals surface area contributed by atoms with Crippen LogP contribution < -0.4 is 5.32 Å². The van der Waals surface area contributed by atoms with Crippen LogP contribution >= 0.6 is 0 Å². The lowest BCUT2D eigenvalue weighted by Gasteiger charge is -2.37. The zero-order valence-electron chi connectivity index (χ0n) is 19.8. The molecule has 2 fully saturated rings. The molecule has 33 heavy (non-hydrogen) atoms. The molecule has 0 bridgehead atoms. The fourth-order valence-electron chi connectivity index (χ4n) is 4.42. The fourth-order valence-corrected chi connectivity index (χ4v) is 4.42. The van der Waals surface area contributed by atoms with Gasteiger partial charge in [-0.3, -0.25) is 10.2 Å². The van der Waals surface area contributed by atoms with Crippen LogP contribution in [0.15, 0.2) is 36.7 Å². The van der Waals surface area contributed by atoms with E-state index < -0.39 is 0 Å². The Bertz CT molecular complexity index is 1070. The van der Waals surface area contributed by atoms with Gasteiger partial charge in [-0.05, 0) is 49.1 Å². The van der Waals surface area contributed by atoms with Crippen molar-refractivity contribution in [2.45, 2.75) is 33.3 Å². The van der Waals surface area contributed by atoms with Crippen LogP contribution in [0.25, 0.3) is 11.2 Å². The first kappa shape index (κ1) is 23.2. The maximum Gasteiger partial charge on any atom is 0.253 e. The number of aromatic nitrogens is 2. The van der Waals surface area contributed by atoms with Crippen LogP contribution in [0, 0.1) is 19.3 Å². The SMILES string of the molecule is CC/C=C(/C=C\C(=N)N1CCN(C(=O)C2CNCCO2)CC1)c1cc(C)c2nc(C)cn2c1. The van der Waals surface area contributed by atoms with Gasteiger partial charge in [0.05, 0.1) is 12.3 Å². The summed E-state index contributed by atoms with van der Waals surface area (Å²) in [5.41, 5.74) is 5.31. The summed E-state index contributed by atoms with van der Waals surface area (Å²) in [4.78, 5) is 21.1. The minimum Gasteiger partial charge on any atom is -0.366 e. The molecule has 2 aromatic heterocycles. The van der Waals surface area contributed by atoms with E-state index in [1.165, 1.54) is 0 Å². The number of nitrogens with one attached hydrogen (secondary N) is 2. The van der Waals surface area contributed by atoms with Crippen LogP contribution in [-0.2, 0) is 9.53 Å². The highest BCUT2D eigenvalue weighted by molar-refractivity contribution is 5.93. The summed E-state index contributed by atoms with van der Waals surface area (Å²) in [5, 5.41) is 11.8. The van der Waals surface area contributed by atoms with Crippen LogP contribution in [-0.4, -0.2) is 82.9 Å². The van der Waals surface area contributed by atoms with Gasteiger partial charge < -0.3 is 24.3 Å². The van der Waals surface area contributed by atoms with Gasteiger partial charge >= 0.3 is 0 Å². The zero-order valence-corrected chi connectivity index (χ0v) is 19.8. The van der Waals surface area contributed by atoms with Crippen molar-refractivity contribution in [3.63, 3.8) is 0 Å². The summed E-state index contributed by atoms with van der Waals surface area (Å²) in [6.07, 6.45) is 10.7. The summed E-state index contributed by atoms with van der Waals surface area (Å²) in [6.45, 7) is 10.7. The van der Waals surface area contributed by atoms with Crippen LogP contribution in [0.5, 0.6) is 0 Å². The first-order valence-corrected chi connectivity index (χ1v) is 11.8. The van der Waals surface area contributed by atoms with E-state index >= 15 is 0 Å². The van der Waals surface area contributed by atoms with Crippen molar-refractivity contribution in [1.82, 2.24) is 24.5 Å². The summed E-state index contributed by atoms with van der Waals surface area (Å²) < 4.78 is 7.67. The Morgan fingerprint density at radius 1 is 1.21 bits per heavy atom. The van der Waals surface area contributed by atoms with E-state index in [4.69, 9.17) is 10.1 Å². The summed E-state index contributed by atoms with van der Waals surface area (Å²) in [6, 6.07) is 2.16. The molecule has 176 valence electrons. The van der Waals surface area contributed by atoms with Gasteiger partial charge in [-0.15, -0.1) is 0 Å².